The number of rotatable bonds is 6. The van der Waals surface area contributed by atoms with Crippen LogP contribution in [-0.4, -0.2) is 51.4 Å². The maximum Gasteiger partial charge on any atom is 0.253 e. The summed E-state index contributed by atoms with van der Waals surface area (Å²) in [6.45, 7) is 0.963. The van der Waals surface area contributed by atoms with Gasteiger partial charge in [-0.05, 0) is 30.5 Å². The Morgan fingerprint density at radius 3 is 2.91 bits per heavy atom. The molecule has 1 atom stereocenters. The van der Waals surface area contributed by atoms with Crippen LogP contribution in [0.1, 0.15) is 46.3 Å². The number of aromatic nitrogens is 2. The van der Waals surface area contributed by atoms with E-state index in [1.807, 2.05) is 24.3 Å². The fourth-order valence-electron chi connectivity index (χ4n) is 3.75. The van der Waals surface area contributed by atoms with E-state index >= 15 is 0 Å². The lowest BCUT2D eigenvalue weighted by molar-refractivity contribution is -0.131. The Morgan fingerprint density at radius 1 is 1.25 bits per heavy atom. The van der Waals surface area contributed by atoms with Crippen molar-refractivity contribution in [2.24, 2.45) is 0 Å². The summed E-state index contributed by atoms with van der Waals surface area (Å²) >= 11 is 6.23. The average Bonchev–Trinajstić information content (AvgIpc) is 3.27. The smallest absolute Gasteiger partial charge is 0.253 e. The zero-order valence-corrected chi connectivity index (χ0v) is 18.1. The lowest BCUT2D eigenvalue weighted by Crippen LogP contribution is -2.44. The van der Waals surface area contributed by atoms with E-state index in [-0.39, 0.29) is 29.7 Å². The van der Waals surface area contributed by atoms with E-state index in [1.165, 1.54) is 18.5 Å². The van der Waals surface area contributed by atoms with Crippen LogP contribution < -0.4 is 5.32 Å². The minimum absolute atomic E-state index is 0.00123. The van der Waals surface area contributed by atoms with Crippen LogP contribution in [0.4, 0.5) is 0 Å². The maximum atomic E-state index is 12.6. The highest BCUT2D eigenvalue weighted by molar-refractivity contribution is 6.31. The van der Waals surface area contributed by atoms with Crippen LogP contribution in [0.5, 0.6) is 5.75 Å². The molecule has 4 rings (SSSR count). The van der Waals surface area contributed by atoms with Crippen LogP contribution in [0, 0.1) is 0 Å². The predicted molar refractivity (Wildman–Crippen MR) is 118 cm³/mol. The number of likely N-dealkylation sites (tertiary alicyclic amines) is 1. The topological polar surface area (TPSA) is 109 Å². The van der Waals surface area contributed by atoms with Gasteiger partial charge in [0, 0.05) is 30.7 Å². The van der Waals surface area contributed by atoms with Gasteiger partial charge in [0.25, 0.3) is 5.91 Å². The molecule has 1 fully saturated rings. The molecular formula is C23H23ClN4O4. The Morgan fingerprint density at radius 2 is 2.09 bits per heavy atom. The molecular weight excluding hydrogens is 432 g/mol. The average molecular weight is 455 g/mol. The first-order valence-electron chi connectivity index (χ1n) is 10.4. The molecule has 2 aromatic heterocycles. The second kappa shape index (κ2) is 9.82. The first-order valence-corrected chi connectivity index (χ1v) is 10.8. The Kier molecular flexibility index (Phi) is 6.70. The second-order valence-electron chi connectivity index (χ2n) is 7.73. The van der Waals surface area contributed by atoms with E-state index in [4.69, 9.17) is 16.0 Å². The Balaban J connectivity index is 1.33. The molecule has 1 unspecified atom stereocenters. The summed E-state index contributed by atoms with van der Waals surface area (Å²) in [5, 5.41) is 12.7. The molecule has 3 heterocycles. The summed E-state index contributed by atoms with van der Waals surface area (Å²) in [6.07, 6.45) is 6.53. The van der Waals surface area contributed by atoms with Crippen molar-refractivity contribution in [3.05, 3.63) is 76.7 Å². The summed E-state index contributed by atoms with van der Waals surface area (Å²) in [5.41, 5.74) is 1.16. The minimum atomic E-state index is -0.466. The standard InChI is InChI=1S/C23H23ClN4O4/c24-20-6-2-1-4-15(20)9-19-12-27-23(32-19)16-5-3-7-28(14-16)21(30)13-26-22(31)17-8-18(29)11-25-10-17/h1-2,4,6,8,10-12,16,29H,3,5,7,9,13-14H2,(H,26,31). The minimum Gasteiger partial charge on any atom is -0.506 e. The largest absolute Gasteiger partial charge is 0.506 e. The third kappa shape index (κ3) is 5.26. The number of aromatic hydroxyl groups is 1. The highest BCUT2D eigenvalue weighted by Crippen LogP contribution is 2.28. The van der Waals surface area contributed by atoms with Crippen molar-refractivity contribution < 1.29 is 19.1 Å². The SMILES string of the molecule is O=C(NCC(=O)N1CCCC(c2ncc(Cc3ccccc3Cl)o2)C1)c1cncc(O)c1. The molecule has 1 aromatic carbocycles. The molecule has 2 amide bonds. The van der Waals surface area contributed by atoms with E-state index in [2.05, 4.69) is 15.3 Å². The number of pyridine rings is 1. The number of carbonyl (C=O) groups is 2. The van der Waals surface area contributed by atoms with Gasteiger partial charge in [0.05, 0.1) is 30.4 Å². The molecule has 2 N–H and O–H groups in total. The lowest BCUT2D eigenvalue weighted by atomic mass is 9.98. The van der Waals surface area contributed by atoms with Crippen molar-refractivity contribution in [2.75, 3.05) is 19.6 Å². The Bertz CT molecular complexity index is 1120. The fraction of sp³-hybridized carbons (Fsp3) is 0.304. The summed E-state index contributed by atoms with van der Waals surface area (Å²) in [6, 6.07) is 8.90. The molecule has 0 radical (unpaired) electrons. The predicted octanol–water partition coefficient (Wildman–Crippen LogP) is 3.16. The molecule has 0 spiro atoms. The van der Waals surface area contributed by atoms with Crippen LogP contribution in [0.15, 0.2) is 53.3 Å². The van der Waals surface area contributed by atoms with Crippen molar-refractivity contribution in [2.45, 2.75) is 25.2 Å². The van der Waals surface area contributed by atoms with Gasteiger partial charge in [0.2, 0.25) is 5.91 Å². The van der Waals surface area contributed by atoms with Gasteiger partial charge >= 0.3 is 0 Å². The summed E-state index contributed by atoms with van der Waals surface area (Å²) < 4.78 is 5.97. The molecule has 166 valence electrons. The van der Waals surface area contributed by atoms with Crippen molar-refractivity contribution in [3.8, 4) is 5.75 Å². The van der Waals surface area contributed by atoms with Crippen LogP contribution in [0.3, 0.4) is 0 Å². The van der Waals surface area contributed by atoms with Crippen molar-refractivity contribution in [1.29, 1.82) is 0 Å². The van der Waals surface area contributed by atoms with E-state index in [9.17, 15) is 14.7 Å². The summed E-state index contributed by atoms with van der Waals surface area (Å²) in [5.74, 6) is 0.579. The van der Waals surface area contributed by atoms with E-state index in [1.54, 1.807) is 11.1 Å². The van der Waals surface area contributed by atoms with Gasteiger partial charge in [0.1, 0.15) is 11.5 Å². The molecule has 1 aliphatic heterocycles. The van der Waals surface area contributed by atoms with Crippen molar-refractivity contribution in [1.82, 2.24) is 20.2 Å². The molecule has 0 aliphatic carbocycles. The molecule has 8 nitrogen and oxygen atoms in total. The van der Waals surface area contributed by atoms with E-state index < -0.39 is 5.91 Å². The van der Waals surface area contributed by atoms with Gasteiger partial charge in [-0.2, -0.15) is 0 Å². The molecule has 0 saturated carbocycles. The molecule has 0 bridgehead atoms. The van der Waals surface area contributed by atoms with Gasteiger partial charge in [-0.15, -0.1) is 0 Å². The first-order chi connectivity index (χ1) is 15.5. The monoisotopic (exact) mass is 454 g/mol. The Labute approximate surface area is 190 Å². The second-order valence-corrected chi connectivity index (χ2v) is 8.13. The van der Waals surface area contributed by atoms with E-state index in [0.717, 1.165) is 24.2 Å². The number of carbonyl (C=O) groups excluding carboxylic acids is 2. The number of oxazole rings is 1. The number of nitrogens with one attached hydrogen (secondary N) is 1. The third-order valence-corrected chi connectivity index (χ3v) is 5.77. The Hall–Kier alpha value is -3.39. The molecule has 9 heteroatoms. The number of hydrogen-bond donors (Lipinski definition) is 2. The quantitative estimate of drug-likeness (QED) is 0.592. The van der Waals surface area contributed by atoms with Crippen LogP contribution in [0.2, 0.25) is 5.02 Å². The first kappa shape index (κ1) is 21.8. The van der Waals surface area contributed by atoms with Crippen molar-refractivity contribution >= 4 is 23.4 Å². The van der Waals surface area contributed by atoms with Gasteiger partial charge in [-0.3, -0.25) is 14.6 Å². The highest BCUT2D eigenvalue weighted by Gasteiger charge is 2.28. The van der Waals surface area contributed by atoms with Crippen LogP contribution in [-0.2, 0) is 11.2 Å². The summed E-state index contributed by atoms with van der Waals surface area (Å²) in [7, 11) is 0. The molecule has 1 saturated heterocycles. The van der Waals surface area contributed by atoms with Gasteiger partial charge in [0.15, 0.2) is 5.89 Å². The number of halogens is 1. The fourth-order valence-corrected chi connectivity index (χ4v) is 3.95. The maximum absolute atomic E-state index is 12.6. The zero-order chi connectivity index (χ0) is 22.5. The normalized spacial score (nSPS) is 16.0. The van der Waals surface area contributed by atoms with Gasteiger partial charge < -0.3 is 19.7 Å². The number of piperidine rings is 1. The third-order valence-electron chi connectivity index (χ3n) is 5.40. The summed E-state index contributed by atoms with van der Waals surface area (Å²) in [4.78, 5) is 34.7. The molecule has 1 aliphatic rings. The van der Waals surface area contributed by atoms with E-state index in [0.29, 0.717) is 30.4 Å². The number of hydrogen-bond acceptors (Lipinski definition) is 6. The van der Waals surface area contributed by atoms with Gasteiger partial charge in [-0.25, -0.2) is 4.98 Å². The number of benzene rings is 1. The molecule has 32 heavy (non-hydrogen) atoms. The van der Waals surface area contributed by atoms with Crippen molar-refractivity contribution in [3.63, 3.8) is 0 Å². The van der Waals surface area contributed by atoms with Gasteiger partial charge in [-0.1, -0.05) is 29.8 Å². The highest BCUT2D eigenvalue weighted by atomic mass is 35.5. The zero-order valence-electron chi connectivity index (χ0n) is 17.3. The van der Waals surface area contributed by atoms with Crippen LogP contribution >= 0.6 is 11.6 Å². The lowest BCUT2D eigenvalue weighted by Gasteiger charge is -2.31. The number of amides is 2. The number of nitrogens with zero attached hydrogens (tertiary/aromatic N) is 3. The van der Waals surface area contributed by atoms with Crippen LogP contribution in [0.25, 0.3) is 0 Å². The molecule has 3 aromatic rings.